The highest BCUT2D eigenvalue weighted by Gasteiger charge is 2.20. The third-order valence-corrected chi connectivity index (χ3v) is 3.22. The minimum atomic E-state index is -0.942. The van der Waals surface area contributed by atoms with Gasteiger partial charge in [0.15, 0.2) is 6.10 Å². The summed E-state index contributed by atoms with van der Waals surface area (Å²) >= 11 is 5.77. The van der Waals surface area contributed by atoms with Gasteiger partial charge in [0.25, 0.3) is 0 Å². The molecule has 0 saturated heterocycles. The summed E-state index contributed by atoms with van der Waals surface area (Å²) in [5.41, 5.74) is 0. The predicted molar refractivity (Wildman–Crippen MR) is 83.2 cm³/mol. The third-order valence-electron chi connectivity index (χ3n) is 2.97. The van der Waals surface area contributed by atoms with Crippen LogP contribution in [-0.2, 0) is 4.79 Å². The van der Waals surface area contributed by atoms with Crippen LogP contribution in [0.25, 0.3) is 0 Å². The fourth-order valence-electron chi connectivity index (χ4n) is 1.75. The van der Waals surface area contributed by atoms with Gasteiger partial charge in [-0.1, -0.05) is 25.4 Å². The molecule has 0 aliphatic heterocycles. The van der Waals surface area contributed by atoms with Crippen molar-refractivity contribution in [2.24, 2.45) is 0 Å². The molecule has 0 aliphatic rings. The van der Waals surface area contributed by atoms with Crippen LogP contribution >= 0.6 is 24.0 Å². The predicted octanol–water partition coefficient (Wildman–Crippen LogP) is 3.33. The zero-order valence-corrected chi connectivity index (χ0v) is 13.3. The zero-order chi connectivity index (χ0) is 14.3. The molecular formula is C14H21Cl2NO3. The van der Waals surface area contributed by atoms with Crippen molar-refractivity contribution >= 4 is 30.0 Å². The Morgan fingerprint density at radius 1 is 1.30 bits per heavy atom. The number of rotatable bonds is 8. The van der Waals surface area contributed by atoms with E-state index in [1.165, 1.54) is 0 Å². The van der Waals surface area contributed by atoms with Gasteiger partial charge in [0.1, 0.15) is 5.75 Å². The molecule has 20 heavy (non-hydrogen) atoms. The first-order valence-electron chi connectivity index (χ1n) is 6.44. The van der Waals surface area contributed by atoms with Crippen LogP contribution in [0.2, 0.25) is 5.02 Å². The molecule has 1 atom stereocenters. The molecule has 1 unspecified atom stereocenters. The summed E-state index contributed by atoms with van der Waals surface area (Å²) < 4.78 is 5.49. The second-order valence-electron chi connectivity index (χ2n) is 4.21. The Morgan fingerprint density at radius 2 is 1.85 bits per heavy atom. The second-order valence-corrected chi connectivity index (χ2v) is 4.65. The van der Waals surface area contributed by atoms with E-state index in [1.807, 2.05) is 0 Å². The van der Waals surface area contributed by atoms with Crippen molar-refractivity contribution in [1.29, 1.82) is 0 Å². The molecule has 0 bridgehead atoms. The number of hydrogen-bond donors (Lipinski definition) is 1. The van der Waals surface area contributed by atoms with Gasteiger partial charge < -0.3 is 14.7 Å². The highest BCUT2D eigenvalue weighted by Crippen LogP contribution is 2.18. The van der Waals surface area contributed by atoms with E-state index in [4.69, 9.17) is 16.3 Å². The molecule has 0 spiro atoms. The average molecular weight is 322 g/mol. The number of carboxylic acid groups (broad SMARTS) is 1. The molecule has 1 aromatic rings. The quantitative estimate of drug-likeness (QED) is 0.798. The Hall–Kier alpha value is -0.970. The molecule has 6 heteroatoms. The molecule has 0 heterocycles. The maximum Gasteiger partial charge on any atom is 0.344 e. The first-order valence-corrected chi connectivity index (χ1v) is 6.82. The summed E-state index contributed by atoms with van der Waals surface area (Å²) in [4.78, 5) is 13.4. The van der Waals surface area contributed by atoms with E-state index in [2.05, 4.69) is 18.7 Å². The average Bonchev–Trinajstić information content (AvgIpc) is 2.40. The Labute approximate surface area is 131 Å². The van der Waals surface area contributed by atoms with Gasteiger partial charge in [0.2, 0.25) is 0 Å². The Balaban J connectivity index is 0.00000361. The first-order chi connectivity index (χ1) is 9.06. The summed E-state index contributed by atoms with van der Waals surface area (Å²) in [5, 5.41) is 9.78. The minimum Gasteiger partial charge on any atom is -0.479 e. The van der Waals surface area contributed by atoms with Gasteiger partial charge in [0.05, 0.1) is 0 Å². The van der Waals surface area contributed by atoms with Crippen molar-refractivity contribution in [3.05, 3.63) is 29.3 Å². The lowest BCUT2D eigenvalue weighted by atomic mass is 10.2. The largest absolute Gasteiger partial charge is 0.479 e. The van der Waals surface area contributed by atoms with Gasteiger partial charge in [-0.05, 0) is 37.4 Å². The summed E-state index contributed by atoms with van der Waals surface area (Å²) in [7, 11) is 0. The van der Waals surface area contributed by atoms with Crippen LogP contribution < -0.4 is 4.74 Å². The Bertz CT molecular complexity index is 394. The van der Waals surface area contributed by atoms with E-state index in [9.17, 15) is 9.90 Å². The van der Waals surface area contributed by atoms with E-state index in [0.717, 1.165) is 13.1 Å². The number of benzene rings is 1. The maximum atomic E-state index is 11.2. The lowest BCUT2D eigenvalue weighted by molar-refractivity contribution is -0.145. The number of carbonyl (C=O) groups is 1. The molecule has 1 N–H and O–H groups in total. The summed E-state index contributed by atoms with van der Waals surface area (Å²) in [6.45, 7) is 6.63. The van der Waals surface area contributed by atoms with Gasteiger partial charge in [-0.15, -0.1) is 12.4 Å². The molecule has 0 amide bonds. The van der Waals surface area contributed by atoms with Gasteiger partial charge in [-0.3, -0.25) is 0 Å². The molecule has 4 nitrogen and oxygen atoms in total. The van der Waals surface area contributed by atoms with E-state index in [0.29, 0.717) is 23.7 Å². The maximum absolute atomic E-state index is 11.2. The number of carboxylic acids is 1. The van der Waals surface area contributed by atoms with E-state index in [1.54, 1.807) is 24.3 Å². The number of hydrogen-bond acceptors (Lipinski definition) is 3. The van der Waals surface area contributed by atoms with Gasteiger partial charge >= 0.3 is 5.97 Å². The van der Waals surface area contributed by atoms with Crippen molar-refractivity contribution in [2.45, 2.75) is 26.4 Å². The van der Waals surface area contributed by atoms with E-state index < -0.39 is 12.1 Å². The standard InChI is InChI=1S/C14H20ClNO3.ClH/c1-3-16(4-2)10-9-13(14(17)18)19-12-7-5-11(15)6-8-12;/h5-8,13H,3-4,9-10H2,1-2H3,(H,17,18);1H. The molecule has 0 aromatic heterocycles. The molecule has 1 rings (SSSR count). The second kappa shape index (κ2) is 9.86. The number of halogens is 2. The molecule has 0 saturated carbocycles. The molecule has 0 fully saturated rings. The van der Waals surface area contributed by atoms with Crippen LogP contribution in [0.5, 0.6) is 5.75 Å². The highest BCUT2D eigenvalue weighted by atomic mass is 35.5. The zero-order valence-electron chi connectivity index (χ0n) is 11.7. The monoisotopic (exact) mass is 321 g/mol. The summed E-state index contributed by atoms with van der Waals surface area (Å²) in [6.07, 6.45) is -0.374. The molecule has 0 aliphatic carbocycles. The van der Waals surface area contributed by atoms with E-state index in [-0.39, 0.29) is 12.4 Å². The molecular weight excluding hydrogens is 301 g/mol. The number of ether oxygens (including phenoxy) is 1. The van der Waals surface area contributed by atoms with Crippen molar-refractivity contribution in [3.63, 3.8) is 0 Å². The lowest BCUT2D eigenvalue weighted by Gasteiger charge is -2.21. The molecule has 1 aromatic carbocycles. The summed E-state index contributed by atoms with van der Waals surface area (Å²) in [5.74, 6) is -0.418. The highest BCUT2D eigenvalue weighted by molar-refractivity contribution is 6.30. The lowest BCUT2D eigenvalue weighted by Crippen LogP contribution is -2.33. The van der Waals surface area contributed by atoms with Crippen molar-refractivity contribution in [3.8, 4) is 5.75 Å². The first kappa shape index (κ1) is 19.0. The van der Waals surface area contributed by atoms with Crippen molar-refractivity contribution < 1.29 is 14.6 Å². The van der Waals surface area contributed by atoms with Crippen LogP contribution in [0, 0.1) is 0 Å². The van der Waals surface area contributed by atoms with Gasteiger partial charge in [-0.25, -0.2) is 4.79 Å². The Kier molecular flexibility index (Phi) is 9.38. The normalized spacial score (nSPS) is 11.8. The van der Waals surface area contributed by atoms with E-state index >= 15 is 0 Å². The van der Waals surface area contributed by atoms with Crippen LogP contribution in [0.15, 0.2) is 24.3 Å². The van der Waals surface area contributed by atoms with Gasteiger partial charge in [0, 0.05) is 18.0 Å². The van der Waals surface area contributed by atoms with Crippen LogP contribution in [0.4, 0.5) is 0 Å². The van der Waals surface area contributed by atoms with Crippen LogP contribution in [-0.4, -0.2) is 41.7 Å². The van der Waals surface area contributed by atoms with Crippen LogP contribution in [0.1, 0.15) is 20.3 Å². The number of aliphatic carboxylic acids is 1. The SMILES string of the molecule is CCN(CC)CCC(Oc1ccc(Cl)cc1)C(=O)O.Cl. The summed E-state index contributed by atoms with van der Waals surface area (Å²) in [6, 6.07) is 6.71. The molecule has 114 valence electrons. The third kappa shape index (κ3) is 6.46. The van der Waals surface area contributed by atoms with Crippen LogP contribution in [0.3, 0.4) is 0 Å². The van der Waals surface area contributed by atoms with Crippen molar-refractivity contribution in [2.75, 3.05) is 19.6 Å². The fourth-order valence-corrected chi connectivity index (χ4v) is 1.88. The minimum absolute atomic E-state index is 0. The Morgan fingerprint density at radius 3 is 2.30 bits per heavy atom. The molecule has 0 radical (unpaired) electrons. The topological polar surface area (TPSA) is 49.8 Å². The number of nitrogens with zero attached hydrogens (tertiary/aromatic N) is 1. The fraction of sp³-hybridized carbons (Fsp3) is 0.500. The van der Waals surface area contributed by atoms with Crippen molar-refractivity contribution in [1.82, 2.24) is 4.90 Å². The smallest absolute Gasteiger partial charge is 0.344 e. The van der Waals surface area contributed by atoms with Gasteiger partial charge in [-0.2, -0.15) is 0 Å².